The van der Waals surface area contributed by atoms with Crippen LogP contribution in [0.1, 0.15) is 277 Å². The zero-order valence-electron chi connectivity index (χ0n) is 44.4. The fourth-order valence-corrected chi connectivity index (χ4v) is 9.29. The topological polar surface area (TPSA) is 149 Å². The van der Waals surface area contributed by atoms with Crippen LogP contribution in [0, 0.1) is 0 Å². The number of ether oxygens (including phenoxy) is 2. The van der Waals surface area contributed by atoms with E-state index in [2.05, 4.69) is 43.5 Å². The van der Waals surface area contributed by atoms with Crippen molar-refractivity contribution < 1.29 is 39.8 Å². The zero-order chi connectivity index (χ0) is 49.4. The second-order valence-corrected chi connectivity index (χ2v) is 20.4. The molecule has 1 fully saturated rings. The van der Waals surface area contributed by atoms with E-state index in [1.165, 1.54) is 218 Å². The van der Waals surface area contributed by atoms with E-state index in [1.807, 2.05) is 6.08 Å². The predicted molar refractivity (Wildman–Crippen MR) is 286 cm³/mol. The van der Waals surface area contributed by atoms with Gasteiger partial charge >= 0.3 is 0 Å². The molecule has 1 saturated heterocycles. The molecule has 7 unspecified atom stereocenters. The van der Waals surface area contributed by atoms with E-state index >= 15 is 0 Å². The number of hydrogen-bond donors (Lipinski definition) is 6. The molecule has 1 amide bonds. The Morgan fingerprint density at radius 1 is 0.485 bits per heavy atom. The van der Waals surface area contributed by atoms with Crippen LogP contribution < -0.4 is 5.32 Å². The molecule has 0 saturated carbocycles. The van der Waals surface area contributed by atoms with Crippen LogP contribution in [-0.2, 0) is 14.3 Å². The van der Waals surface area contributed by atoms with Gasteiger partial charge in [-0.1, -0.05) is 249 Å². The van der Waals surface area contributed by atoms with Crippen LogP contribution in [0.25, 0.3) is 0 Å². The minimum atomic E-state index is -1.57. The van der Waals surface area contributed by atoms with Gasteiger partial charge in [0.1, 0.15) is 24.4 Å². The number of hydrogen-bond acceptors (Lipinski definition) is 8. The Balaban J connectivity index is 2.18. The first-order valence-corrected chi connectivity index (χ1v) is 29.2. The van der Waals surface area contributed by atoms with Gasteiger partial charge in [0, 0.05) is 6.42 Å². The predicted octanol–water partition coefficient (Wildman–Crippen LogP) is 14.4. The number of allylic oxidation sites excluding steroid dienone is 5. The molecule has 0 radical (unpaired) electrons. The third kappa shape index (κ3) is 38.1. The van der Waals surface area contributed by atoms with Gasteiger partial charge in [-0.3, -0.25) is 4.79 Å². The zero-order valence-corrected chi connectivity index (χ0v) is 44.4. The van der Waals surface area contributed by atoms with Crippen molar-refractivity contribution in [1.82, 2.24) is 5.32 Å². The van der Waals surface area contributed by atoms with Crippen LogP contribution in [0.2, 0.25) is 0 Å². The molecule has 1 rings (SSSR count). The summed E-state index contributed by atoms with van der Waals surface area (Å²) in [6, 6.07) is -0.820. The average Bonchev–Trinajstić information content (AvgIpc) is 3.34. The molecule has 68 heavy (non-hydrogen) atoms. The van der Waals surface area contributed by atoms with E-state index in [1.54, 1.807) is 6.08 Å². The summed E-state index contributed by atoms with van der Waals surface area (Å²) >= 11 is 0. The van der Waals surface area contributed by atoms with Crippen molar-refractivity contribution in [3.05, 3.63) is 36.5 Å². The number of carbonyl (C=O) groups is 1. The lowest BCUT2D eigenvalue weighted by atomic mass is 9.99. The molecule has 400 valence electrons. The third-order valence-electron chi connectivity index (χ3n) is 13.9. The van der Waals surface area contributed by atoms with Crippen LogP contribution in [0.5, 0.6) is 0 Å². The smallest absolute Gasteiger partial charge is 0.220 e. The highest BCUT2D eigenvalue weighted by Crippen LogP contribution is 2.23. The lowest BCUT2D eigenvalue weighted by Crippen LogP contribution is -2.60. The summed E-state index contributed by atoms with van der Waals surface area (Å²) in [5, 5.41) is 54.4. The standard InChI is InChI=1S/C59H111NO8/c1-3-5-7-9-11-13-15-17-19-21-22-23-24-25-26-27-28-29-30-31-32-33-35-37-39-41-43-45-47-49-55(63)60-52(51-67-59-58(66)57(65)56(64)54(50-61)68-59)53(62)48-46-44-42-40-38-36-34-20-18-16-14-12-10-8-6-4-2/h21-22,38,40,46,48,52-54,56-59,61-62,64-66H,3-20,23-37,39,41-45,47,49-51H2,1-2H3,(H,60,63)/b22-21-,40-38+,48-46+. The molecule has 9 heteroatoms. The Kier molecular flexibility index (Phi) is 46.4. The number of aliphatic hydroxyl groups is 5. The van der Waals surface area contributed by atoms with Crippen LogP contribution in [-0.4, -0.2) is 87.5 Å². The van der Waals surface area contributed by atoms with Gasteiger partial charge in [0.05, 0.1) is 25.4 Å². The van der Waals surface area contributed by atoms with Gasteiger partial charge in [0.2, 0.25) is 5.91 Å². The Hall–Kier alpha value is -1.59. The molecule has 1 aliphatic heterocycles. The van der Waals surface area contributed by atoms with Gasteiger partial charge in [-0.15, -0.1) is 0 Å². The minimum absolute atomic E-state index is 0.183. The van der Waals surface area contributed by atoms with Crippen LogP contribution in [0.3, 0.4) is 0 Å². The van der Waals surface area contributed by atoms with Gasteiger partial charge in [-0.05, 0) is 57.8 Å². The SMILES string of the molecule is CCCCCCCCCC/C=C\CCCCCCCCCCCCCCCCCCCC(=O)NC(COC1OC(CO)C(O)C(O)C1O)C(O)/C=C/CC/C=C/CCCCCCCCCCCC. The molecule has 1 aliphatic rings. The Morgan fingerprint density at radius 3 is 1.24 bits per heavy atom. The molecule has 0 aromatic rings. The summed E-state index contributed by atoms with van der Waals surface area (Å²) < 4.78 is 11.2. The lowest BCUT2D eigenvalue weighted by Gasteiger charge is -2.40. The van der Waals surface area contributed by atoms with Crippen molar-refractivity contribution in [2.24, 2.45) is 0 Å². The molecule has 6 N–H and O–H groups in total. The molecule has 0 aliphatic carbocycles. The molecule has 9 nitrogen and oxygen atoms in total. The quantitative estimate of drug-likeness (QED) is 0.0261. The number of carbonyl (C=O) groups excluding carboxylic acids is 1. The third-order valence-corrected chi connectivity index (χ3v) is 13.9. The van der Waals surface area contributed by atoms with Crippen LogP contribution >= 0.6 is 0 Å². The first-order chi connectivity index (χ1) is 33.3. The molecular weight excluding hydrogens is 851 g/mol. The van der Waals surface area contributed by atoms with E-state index in [9.17, 15) is 30.3 Å². The molecule has 0 aromatic heterocycles. The fourth-order valence-electron chi connectivity index (χ4n) is 9.29. The highest BCUT2D eigenvalue weighted by atomic mass is 16.7. The van der Waals surface area contributed by atoms with E-state index in [0.717, 1.165) is 38.5 Å². The molecule has 1 heterocycles. The number of rotatable bonds is 50. The van der Waals surface area contributed by atoms with Crippen molar-refractivity contribution in [2.45, 2.75) is 320 Å². The first-order valence-electron chi connectivity index (χ1n) is 29.2. The van der Waals surface area contributed by atoms with Gasteiger partial charge in [0.25, 0.3) is 0 Å². The maximum Gasteiger partial charge on any atom is 0.220 e. The number of unbranched alkanes of at least 4 members (excludes halogenated alkanes) is 36. The van der Waals surface area contributed by atoms with Gasteiger partial charge in [0.15, 0.2) is 6.29 Å². The van der Waals surface area contributed by atoms with Crippen molar-refractivity contribution >= 4 is 5.91 Å². The normalized spacial score (nSPS) is 19.8. The summed E-state index contributed by atoms with van der Waals surface area (Å²) in [4.78, 5) is 13.0. The minimum Gasteiger partial charge on any atom is -0.394 e. The van der Waals surface area contributed by atoms with Crippen molar-refractivity contribution in [3.63, 3.8) is 0 Å². The monoisotopic (exact) mass is 962 g/mol. The van der Waals surface area contributed by atoms with E-state index < -0.39 is 49.5 Å². The van der Waals surface area contributed by atoms with E-state index in [-0.39, 0.29) is 12.5 Å². The number of nitrogens with one attached hydrogen (secondary N) is 1. The second-order valence-electron chi connectivity index (χ2n) is 20.4. The van der Waals surface area contributed by atoms with E-state index in [0.29, 0.717) is 6.42 Å². The highest BCUT2D eigenvalue weighted by molar-refractivity contribution is 5.76. The summed E-state index contributed by atoms with van der Waals surface area (Å²) in [5.74, 6) is -0.183. The van der Waals surface area contributed by atoms with Gasteiger partial charge < -0.3 is 40.3 Å². The van der Waals surface area contributed by atoms with Crippen molar-refractivity contribution in [2.75, 3.05) is 13.2 Å². The summed E-state index contributed by atoms with van der Waals surface area (Å²) in [5.41, 5.74) is 0. The second kappa shape index (κ2) is 49.0. The van der Waals surface area contributed by atoms with Gasteiger partial charge in [-0.25, -0.2) is 0 Å². The van der Waals surface area contributed by atoms with Crippen molar-refractivity contribution in [1.29, 1.82) is 0 Å². The van der Waals surface area contributed by atoms with Crippen LogP contribution in [0.15, 0.2) is 36.5 Å². The maximum atomic E-state index is 13.0. The van der Waals surface area contributed by atoms with Crippen LogP contribution in [0.4, 0.5) is 0 Å². The first kappa shape index (κ1) is 64.4. The highest BCUT2D eigenvalue weighted by Gasteiger charge is 2.44. The number of amides is 1. The average molecular weight is 963 g/mol. The maximum absolute atomic E-state index is 13.0. The van der Waals surface area contributed by atoms with E-state index in [4.69, 9.17) is 9.47 Å². The molecule has 7 atom stereocenters. The molecule has 0 aromatic carbocycles. The van der Waals surface area contributed by atoms with Crippen molar-refractivity contribution in [3.8, 4) is 0 Å². The molecule has 0 spiro atoms. The van der Waals surface area contributed by atoms with Gasteiger partial charge in [-0.2, -0.15) is 0 Å². The molecule has 0 bridgehead atoms. The Bertz CT molecular complexity index is 1160. The summed E-state index contributed by atoms with van der Waals surface area (Å²) in [6.45, 7) is 3.78. The Labute approximate surface area is 419 Å². The summed E-state index contributed by atoms with van der Waals surface area (Å²) in [7, 11) is 0. The Morgan fingerprint density at radius 2 is 0.838 bits per heavy atom. The molecular formula is C59H111NO8. The lowest BCUT2D eigenvalue weighted by molar-refractivity contribution is -0.302. The largest absolute Gasteiger partial charge is 0.394 e. The number of aliphatic hydroxyl groups excluding tert-OH is 5. The summed E-state index contributed by atoms with van der Waals surface area (Å²) in [6.07, 6.45) is 56.5. The fraction of sp³-hybridized carbons (Fsp3) is 0.881.